The van der Waals surface area contributed by atoms with E-state index in [0.29, 0.717) is 11.4 Å². The van der Waals surface area contributed by atoms with Crippen LogP contribution in [0, 0.1) is 5.41 Å². The average Bonchev–Trinajstić information content (AvgIpc) is 2.28. The lowest BCUT2D eigenvalue weighted by atomic mass is 9.85. The number of rotatable bonds is 6. The van der Waals surface area contributed by atoms with Gasteiger partial charge in [0.25, 0.3) is 0 Å². The van der Waals surface area contributed by atoms with E-state index in [9.17, 15) is 19.5 Å². The van der Waals surface area contributed by atoms with Gasteiger partial charge in [-0.15, -0.1) is 0 Å². The fraction of sp³-hybridized carbons (Fsp3) is 0.400. The molecule has 1 aromatic carbocycles. The number of anilines is 2. The highest BCUT2D eigenvalue weighted by Gasteiger charge is 2.22. The molecule has 6 heteroatoms. The summed E-state index contributed by atoms with van der Waals surface area (Å²) in [7, 11) is 0. The molecule has 21 heavy (non-hydrogen) atoms. The largest absolute Gasteiger partial charge is 0.550 e. The van der Waals surface area contributed by atoms with Crippen molar-refractivity contribution >= 4 is 29.2 Å². The van der Waals surface area contributed by atoms with Gasteiger partial charge in [0.05, 0.1) is 0 Å². The van der Waals surface area contributed by atoms with Crippen LogP contribution in [0.4, 0.5) is 11.4 Å². The molecular weight excluding hydrogens is 272 g/mol. The maximum atomic E-state index is 11.9. The summed E-state index contributed by atoms with van der Waals surface area (Å²) in [4.78, 5) is 33.4. The number of amides is 2. The van der Waals surface area contributed by atoms with Gasteiger partial charge in [-0.1, -0.05) is 13.8 Å². The van der Waals surface area contributed by atoms with E-state index in [-0.39, 0.29) is 24.7 Å². The number of benzene rings is 1. The molecule has 0 aliphatic rings. The van der Waals surface area contributed by atoms with Crippen molar-refractivity contribution in [1.82, 2.24) is 0 Å². The van der Waals surface area contributed by atoms with E-state index < -0.39 is 11.4 Å². The smallest absolute Gasteiger partial charge is 0.224 e. The minimum Gasteiger partial charge on any atom is -0.550 e. The van der Waals surface area contributed by atoms with Crippen LogP contribution in [-0.2, 0) is 14.4 Å². The summed E-state index contributed by atoms with van der Waals surface area (Å²) in [5, 5.41) is 15.9. The summed E-state index contributed by atoms with van der Waals surface area (Å²) in [5.41, 5.74) is 0.551. The zero-order valence-electron chi connectivity index (χ0n) is 12.4. The van der Waals surface area contributed by atoms with Crippen molar-refractivity contribution in [3.8, 4) is 0 Å². The zero-order valence-corrected chi connectivity index (χ0v) is 12.4. The Morgan fingerprint density at radius 1 is 1.00 bits per heavy atom. The first-order valence-electron chi connectivity index (χ1n) is 6.55. The highest BCUT2D eigenvalue weighted by atomic mass is 16.4. The van der Waals surface area contributed by atoms with Crippen molar-refractivity contribution in [2.24, 2.45) is 5.41 Å². The molecule has 6 nitrogen and oxygen atoms in total. The van der Waals surface area contributed by atoms with Crippen molar-refractivity contribution in [1.29, 1.82) is 0 Å². The van der Waals surface area contributed by atoms with Crippen LogP contribution in [-0.4, -0.2) is 17.8 Å². The molecule has 0 aromatic heterocycles. The Morgan fingerprint density at radius 3 is 1.90 bits per heavy atom. The summed E-state index contributed by atoms with van der Waals surface area (Å²) in [6.07, 6.45) is -0.101. The van der Waals surface area contributed by atoms with E-state index in [1.165, 1.54) is 6.92 Å². The molecule has 0 bridgehead atoms. The van der Waals surface area contributed by atoms with Crippen LogP contribution < -0.4 is 15.7 Å². The van der Waals surface area contributed by atoms with Crippen LogP contribution in [0.5, 0.6) is 0 Å². The van der Waals surface area contributed by atoms with Gasteiger partial charge in [0.15, 0.2) is 0 Å². The first kappa shape index (κ1) is 16.7. The van der Waals surface area contributed by atoms with Crippen LogP contribution in [0.1, 0.15) is 33.6 Å². The molecule has 0 aliphatic heterocycles. The number of carboxylic acids is 1. The molecule has 0 aliphatic carbocycles. The van der Waals surface area contributed by atoms with Crippen molar-refractivity contribution in [2.45, 2.75) is 33.6 Å². The lowest BCUT2D eigenvalue weighted by Gasteiger charge is -2.24. The monoisotopic (exact) mass is 291 g/mol. The molecule has 0 radical (unpaired) electrons. The summed E-state index contributed by atoms with van der Waals surface area (Å²) >= 11 is 0. The SMILES string of the molecule is CC(=O)Nc1ccc(NC(=O)CC(C)(C)CC(=O)[O-])cc1. The highest BCUT2D eigenvalue weighted by Crippen LogP contribution is 2.25. The van der Waals surface area contributed by atoms with Crippen molar-refractivity contribution in [3.05, 3.63) is 24.3 Å². The minimum absolute atomic E-state index is 0.0778. The molecule has 0 unspecified atom stereocenters. The molecule has 0 spiro atoms. The van der Waals surface area contributed by atoms with Gasteiger partial charge >= 0.3 is 0 Å². The predicted octanol–water partition coefficient (Wildman–Crippen LogP) is 1.14. The Hall–Kier alpha value is -2.37. The molecular formula is C15H19N2O4-. The van der Waals surface area contributed by atoms with E-state index in [2.05, 4.69) is 10.6 Å². The minimum atomic E-state index is -1.17. The molecule has 1 rings (SSSR count). The number of carbonyl (C=O) groups is 3. The Balaban J connectivity index is 2.58. The van der Waals surface area contributed by atoms with Crippen LogP contribution in [0.15, 0.2) is 24.3 Å². The molecule has 2 N–H and O–H groups in total. The maximum Gasteiger partial charge on any atom is 0.224 e. The first-order chi connectivity index (χ1) is 9.68. The van der Waals surface area contributed by atoms with E-state index in [1.807, 2.05) is 0 Å². The molecule has 0 atom stereocenters. The standard InChI is InChI=1S/C15H20N2O4/c1-10(18)16-11-4-6-12(7-5-11)17-13(19)8-15(2,3)9-14(20)21/h4-7H,8-9H2,1-3H3,(H,16,18)(H,17,19)(H,20,21)/p-1. The van der Waals surface area contributed by atoms with Gasteiger partial charge in [-0.25, -0.2) is 0 Å². The molecule has 2 amide bonds. The summed E-state index contributed by atoms with van der Waals surface area (Å²) in [6.45, 7) is 4.81. The highest BCUT2D eigenvalue weighted by molar-refractivity contribution is 5.92. The van der Waals surface area contributed by atoms with E-state index in [0.717, 1.165) is 0 Å². The topological polar surface area (TPSA) is 98.3 Å². The van der Waals surface area contributed by atoms with Crippen molar-refractivity contribution in [3.63, 3.8) is 0 Å². The second-order valence-corrected chi connectivity index (χ2v) is 5.70. The molecule has 0 heterocycles. The molecule has 0 saturated carbocycles. The third kappa shape index (κ3) is 6.56. The van der Waals surface area contributed by atoms with Gasteiger partial charge in [-0.05, 0) is 36.1 Å². The Morgan fingerprint density at radius 2 is 1.48 bits per heavy atom. The number of carboxylic acid groups (broad SMARTS) is 1. The van der Waals surface area contributed by atoms with E-state index >= 15 is 0 Å². The third-order valence-corrected chi connectivity index (χ3v) is 2.75. The fourth-order valence-electron chi connectivity index (χ4n) is 1.93. The molecule has 0 saturated heterocycles. The molecule has 1 aromatic rings. The van der Waals surface area contributed by atoms with Gasteiger partial charge in [0, 0.05) is 30.7 Å². The van der Waals surface area contributed by atoms with Gasteiger partial charge in [0.1, 0.15) is 0 Å². The average molecular weight is 291 g/mol. The predicted molar refractivity (Wildman–Crippen MR) is 77.4 cm³/mol. The van der Waals surface area contributed by atoms with Gasteiger partial charge in [0.2, 0.25) is 11.8 Å². The number of aliphatic carboxylic acids is 1. The quantitative estimate of drug-likeness (QED) is 0.821. The Labute approximate surface area is 123 Å². The lowest BCUT2D eigenvalue weighted by molar-refractivity contribution is -0.307. The van der Waals surface area contributed by atoms with Crippen LogP contribution in [0.3, 0.4) is 0 Å². The second-order valence-electron chi connectivity index (χ2n) is 5.70. The molecule has 114 valence electrons. The molecule has 0 fully saturated rings. The number of hydrogen-bond acceptors (Lipinski definition) is 4. The first-order valence-corrected chi connectivity index (χ1v) is 6.55. The van der Waals surface area contributed by atoms with Gasteiger partial charge < -0.3 is 20.5 Å². The van der Waals surface area contributed by atoms with E-state index in [4.69, 9.17) is 0 Å². The van der Waals surface area contributed by atoms with Crippen LogP contribution in [0.25, 0.3) is 0 Å². The number of carbonyl (C=O) groups excluding carboxylic acids is 3. The van der Waals surface area contributed by atoms with Crippen molar-refractivity contribution < 1.29 is 19.5 Å². The van der Waals surface area contributed by atoms with Crippen molar-refractivity contribution in [2.75, 3.05) is 10.6 Å². The van der Waals surface area contributed by atoms with E-state index in [1.54, 1.807) is 38.1 Å². The Kier molecular flexibility index (Phi) is 5.46. The van der Waals surface area contributed by atoms with Gasteiger partial charge in [-0.3, -0.25) is 9.59 Å². The normalized spacial score (nSPS) is 10.8. The summed E-state index contributed by atoms with van der Waals surface area (Å²) < 4.78 is 0. The van der Waals surface area contributed by atoms with Gasteiger partial charge in [-0.2, -0.15) is 0 Å². The fourth-order valence-corrected chi connectivity index (χ4v) is 1.93. The number of hydrogen-bond donors (Lipinski definition) is 2. The third-order valence-electron chi connectivity index (χ3n) is 2.75. The zero-order chi connectivity index (χ0) is 16.0. The summed E-state index contributed by atoms with van der Waals surface area (Å²) in [6, 6.07) is 6.66. The number of nitrogens with one attached hydrogen (secondary N) is 2. The van der Waals surface area contributed by atoms with Crippen LogP contribution >= 0.6 is 0 Å². The van der Waals surface area contributed by atoms with Crippen LogP contribution in [0.2, 0.25) is 0 Å². The second kappa shape index (κ2) is 6.88. The maximum absolute atomic E-state index is 11.9. The Bertz CT molecular complexity index is 535. The summed E-state index contributed by atoms with van der Waals surface area (Å²) in [5.74, 6) is -1.61. The lowest BCUT2D eigenvalue weighted by Crippen LogP contribution is -2.31.